The molecule has 4 nitrogen and oxygen atoms in total. The number of ether oxygens (including phenoxy) is 2. The van der Waals surface area contributed by atoms with Crippen LogP contribution in [0, 0.1) is 0 Å². The summed E-state index contributed by atoms with van der Waals surface area (Å²) in [7, 11) is 0. The minimum Gasteiger partial charge on any atom is -0.462 e. The van der Waals surface area contributed by atoms with E-state index in [0.29, 0.717) is 0 Å². The van der Waals surface area contributed by atoms with Crippen molar-refractivity contribution in [1.82, 2.24) is 0 Å². The summed E-state index contributed by atoms with van der Waals surface area (Å²) in [5, 5.41) is 0. The minimum atomic E-state index is -1.24. The van der Waals surface area contributed by atoms with Crippen molar-refractivity contribution < 1.29 is 23.5 Å². The average molecular weight is 266 g/mol. The quantitative estimate of drug-likeness (QED) is 0.607. The van der Waals surface area contributed by atoms with Crippen molar-refractivity contribution in [1.29, 1.82) is 0 Å². The largest absolute Gasteiger partial charge is 0.462 e. The molecule has 0 aliphatic rings. The molecule has 0 aliphatic carbocycles. The zero-order valence-corrected chi connectivity index (χ0v) is 10.8. The summed E-state index contributed by atoms with van der Waals surface area (Å²) in [6.45, 7) is 3.27. The van der Waals surface area contributed by atoms with E-state index in [1.54, 1.807) is 32.0 Å². The van der Waals surface area contributed by atoms with Crippen molar-refractivity contribution in [3.05, 3.63) is 41.7 Å². The molecule has 0 heterocycles. The summed E-state index contributed by atoms with van der Waals surface area (Å²) in [5.41, 5.74) is -0.146. The van der Waals surface area contributed by atoms with Gasteiger partial charge in [0.2, 0.25) is 5.83 Å². The maximum Gasteiger partial charge on any atom is 0.368 e. The molecule has 0 N–H and O–H groups in total. The topological polar surface area (TPSA) is 52.6 Å². The van der Waals surface area contributed by atoms with Crippen LogP contribution in [0.15, 0.2) is 36.2 Å². The summed E-state index contributed by atoms with van der Waals surface area (Å²) in [6, 6.07) is 8.02. The summed E-state index contributed by atoms with van der Waals surface area (Å²) in [6.07, 6.45) is 0. The summed E-state index contributed by atoms with van der Waals surface area (Å²) >= 11 is 0. The molecule has 5 heteroatoms. The molecule has 0 atom stereocenters. The van der Waals surface area contributed by atoms with Gasteiger partial charge in [-0.3, -0.25) is 0 Å². The number of benzene rings is 1. The monoisotopic (exact) mass is 266 g/mol. The first-order valence-electron chi connectivity index (χ1n) is 5.91. The Morgan fingerprint density at radius 1 is 1.00 bits per heavy atom. The Labute approximate surface area is 110 Å². The molecule has 0 aromatic heterocycles. The highest BCUT2D eigenvalue weighted by molar-refractivity contribution is 6.21. The average Bonchev–Trinajstić information content (AvgIpc) is 2.40. The zero-order chi connectivity index (χ0) is 14.3. The van der Waals surface area contributed by atoms with Crippen LogP contribution < -0.4 is 0 Å². The van der Waals surface area contributed by atoms with E-state index in [4.69, 9.17) is 4.74 Å². The fourth-order valence-corrected chi connectivity index (χ4v) is 1.44. The Morgan fingerprint density at radius 3 is 2.05 bits per heavy atom. The van der Waals surface area contributed by atoms with Crippen LogP contribution >= 0.6 is 0 Å². The van der Waals surface area contributed by atoms with E-state index in [-0.39, 0.29) is 18.8 Å². The van der Waals surface area contributed by atoms with E-state index in [9.17, 15) is 14.0 Å². The second kappa shape index (κ2) is 7.31. The van der Waals surface area contributed by atoms with E-state index in [0.717, 1.165) is 0 Å². The van der Waals surface area contributed by atoms with Gasteiger partial charge < -0.3 is 9.47 Å². The Hall–Kier alpha value is -2.17. The van der Waals surface area contributed by atoms with Gasteiger partial charge in [0.25, 0.3) is 0 Å². The van der Waals surface area contributed by atoms with Gasteiger partial charge >= 0.3 is 11.9 Å². The molecule has 0 bridgehead atoms. The normalized spacial score (nSPS) is 11.5. The van der Waals surface area contributed by atoms with E-state index >= 15 is 0 Å². The van der Waals surface area contributed by atoms with Crippen molar-refractivity contribution >= 4 is 17.5 Å². The molecular weight excluding hydrogens is 251 g/mol. The van der Waals surface area contributed by atoms with Gasteiger partial charge in [-0.25, -0.2) is 9.59 Å². The van der Waals surface area contributed by atoms with Crippen molar-refractivity contribution in [2.75, 3.05) is 13.2 Å². The molecule has 0 amide bonds. The predicted molar refractivity (Wildman–Crippen MR) is 67.7 cm³/mol. The lowest BCUT2D eigenvalue weighted by Crippen LogP contribution is -2.14. The molecule has 0 unspecified atom stereocenters. The first-order chi connectivity index (χ1) is 9.11. The molecule has 0 fully saturated rings. The number of hydrogen-bond acceptors (Lipinski definition) is 4. The van der Waals surface area contributed by atoms with Gasteiger partial charge in [-0.15, -0.1) is 0 Å². The molecule has 1 rings (SSSR count). The van der Waals surface area contributed by atoms with E-state index in [1.807, 2.05) is 0 Å². The van der Waals surface area contributed by atoms with Crippen LogP contribution in [0.5, 0.6) is 0 Å². The van der Waals surface area contributed by atoms with Crippen LogP contribution in [0.25, 0.3) is 5.57 Å². The lowest BCUT2D eigenvalue weighted by molar-refractivity contribution is -0.141. The predicted octanol–water partition coefficient (Wildman–Crippen LogP) is 2.49. The van der Waals surface area contributed by atoms with Crippen LogP contribution in [0.3, 0.4) is 0 Å². The van der Waals surface area contributed by atoms with E-state index in [1.165, 1.54) is 12.1 Å². The lowest BCUT2D eigenvalue weighted by atomic mass is 10.1. The summed E-state index contributed by atoms with van der Waals surface area (Å²) < 4.78 is 23.3. The Kier molecular flexibility index (Phi) is 5.73. The smallest absolute Gasteiger partial charge is 0.368 e. The minimum absolute atomic E-state index is 0.0249. The molecule has 0 saturated carbocycles. The second-order valence-electron chi connectivity index (χ2n) is 3.50. The van der Waals surface area contributed by atoms with Crippen molar-refractivity contribution in [3.63, 3.8) is 0 Å². The number of carbonyl (C=O) groups excluding carboxylic acids is 2. The van der Waals surface area contributed by atoms with Crippen molar-refractivity contribution in [2.45, 2.75) is 13.8 Å². The molecule has 1 aromatic carbocycles. The highest BCUT2D eigenvalue weighted by Crippen LogP contribution is 2.22. The third-order valence-corrected chi connectivity index (χ3v) is 2.22. The lowest BCUT2D eigenvalue weighted by Gasteiger charge is -2.08. The van der Waals surface area contributed by atoms with Gasteiger partial charge in [-0.2, -0.15) is 4.39 Å². The maximum absolute atomic E-state index is 14.0. The van der Waals surface area contributed by atoms with Crippen LogP contribution in [0.1, 0.15) is 19.4 Å². The number of carbonyl (C=O) groups is 2. The third-order valence-electron chi connectivity index (χ3n) is 2.22. The molecule has 0 spiro atoms. The first-order valence-corrected chi connectivity index (χ1v) is 5.91. The number of halogens is 1. The fourth-order valence-electron chi connectivity index (χ4n) is 1.44. The highest BCUT2D eigenvalue weighted by Gasteiger charge is 2.24. The Bertz CT molecular complexity index is 479. The molecule has 102 valence electrons. The molecule has 0 radical (unpaired) electrons. The van der Waals surface area contributed by atoms with Gasteiger partial charge in [0.05, 0.1) is 13.2 Å². The second-order valence-corrected chi connectivity index (χ2v) is 3.50. The molecule has 0 saturated heterocycles. The fraction of sp³-hybridized carbons (Fsp3) is 0.286. The maximum atomic E-state index is 14.0. The molecular formula is C14H15FO4. The standard InChI is InChI=1S/C14H15FO4/c1-3-18-13(16)11(10-8-6-5-7-9-10)12(15)14(17)19-4-2/h5-9H,3-4H2,1-2H3/b12-11+. The Morgan fingerprint density at radius 2 is 1.53 bits per heavy atom. The van der Waals surface area contributed by atoms with E-state index < -0.39 is 23.3 Å². The number of rotatable bonds is 5. The Balaban J connectivity index is 3.23. The summed E-state index contributed by atoms with van der Waals surface area (Å²) in [4.78, 5) is 23.2. The molecule has 1 aromatic rings. The number of hydrogen-bond donors (Lipinski definition) is 0. The zero-order valence-electron chi connectivity index (χ0n) is 10.8. The van der Waals surface area contributed by atoms with Crippen molar-refractivity contribution in [3.8, 4) is 0 Å². The number of esters is 2. The van der Waals surface area contributed by atoms with Crippen LogP contribution in [0.4, 0.5) is 4.39 Å². The van der Waals surface area contributed by atoms with Gasteiger partial charge in [0, 0.05) is 0 Å². The SMILES string of the molecule is CCOC(=O)/C(F)=C(\C(=O)OCC)c1ccccc1. The van der Waals surface area contributed by atoms with Gasteiger partial charge in [-0.1, -0.05) is 30.3 Å². The molecule has 0 aliphatic heterocycles. The third kappa shape index (κ3) is 3.91. The highest BCUT2D eigenvalue weighted by atomic mass is 19.1. The van der Waals surface area contributed by atoms with Gasteiger partial charge in [-0.05, 0) is 19.4 Å². The van der Waals surface area contributed by atoms with Crippen LogP contribution in [-0.4, -0.2) is 25.2 Å². The van der Waals surface area contributed by atoms with E-state index in [2.05, 4.69) is 4.74 Å². The molecule has 19 heavy (non-hydrogen) atoms. The van der Waals surface area contributed by atoms with Crippen LogP contribution in [0.2, 0.25) is 0 Å². The van der Waals surface area contributed by atoms with Crippen LogP contribution in [-0.2, 0) is 19.1 Å². The summed E-state index contributed by atoms with van der Waals surface area (Å²) in [5.74, 6) is -3.31. The van der Waals surface area contributed by atoms with Gasteiger partial charge in [0.1, 0.15) is 5.57 Å². The van der Waals surface area contributed by atoms with Gasteiger partial charge in [0.15, 0.2) is 0 Å². The van der Waals surface area contributed by atoms with Crippen molar-refractivity contribution in [2.24, 2.45) is 0 Å². The first kappa shape index (κ1) is 14.9.